The number of hydrogen-bond donors (Lipinski definition) is 0. The van der Waals surface area contributed by atoms with E-state index >= 15 is 0 Å². The Bertz CT molecular complexity index is 3700. The number of nitrogens with zero attached hydrogens (tertiary/aromatic N) is 4. The van der Waals surface area contributed by atoms with Crippen molar-refractivity contribution in [3.8, 4) is 51.0 Å². The van der Waals surface area contributed by atoms with Crippen LogP contribution in [0.4, 0.5) is 0 Å². The number of hydrogen-bond acceptors (Lipinski definition) is 4. The SMILES string of the molecule is c1ccc(-c2nc(-c3cccc(-n4c5ccccc5c5cc6c(cc54)C(c4ccccc4)(c4ccccc4)c4ccccc4-6)c3)nc(-c3ccc4c(c3)oc3ccccc34)n2)cc1. The van der Waals surface area contributed by atoms with Crippen molar-refractivity contribution in [2.75, 3.05) is 0 Å². The minimum atomic E-state index is -0.522. The van der Waals surface area contributed by atoms with Crippen LogP contribution >= 0.6 is 0 Å². The van der Waals surface area contributed by atoms with Gasteiger partial charge in [-0.05, 0) is 81.9 Å². The Hall–Kier alpha value is -8.41. The molecule has 294 valence electrons. The van der Waals surface area contributed by atoms with E-state index in [9.17, 15) is 0 Å². The van der Waals surface area contributed by atoms with Crippen molar-refractivity contribution >= 4 is 43.7 Å². The van der Waals surface area contributed by atoms with Gasteiger partial charge in [-0.25, -0.2) is 15.0 Å². The largest absolute Gasteiger partial charge is 0.456 e. The first kappa shape index (κ1) is 35.4. The minimum Gasteiger partial charge on any atom is -0.456 e. The standard InChI is InChI=1S/C58H36N4O/c1-4-17-37(18-5-1)55-59-56(61-57(60-55)39-31-32-46-45-27-12-15-30-53(45)63-54(46)34-39)38-19-16-24-42(33-38)62-51-29-14-11-26-44(51)48-35-47-43-25-10-13-28-49(43)58(50(47)36-52(48)62,40-20-6-2-7-21-40)41-22-8-3-9-23-41/h1-36H. The summed E-state index contributed by atoms with van der Waals surface area (Å²) >= 11 is 0. The molecule has 3 aromatic heterocycles. The summed E-state index contributed by atoms with van der Waals surface area (Å²) in [6, 6.07) is 77.7. The summed E-state index contributed by atoms with van der Waals surface area (Å²) in [6.45, 7) is 0. The van der Waals surface area contributed by atoms with Gasteiger partial charge in [0.2, 0.25) is 0 Å². The fourth-order valence-electron chi connectivity index (χ4n) is 10.2. The van der Waals surface area contributed by atoms with Gasteiger partial charge in [-0.2, -0.15) is 0 Å². The lowest BCUT2D eigenvalue weighted by Crippen LogP contribution is -2.28. The van der Waals surface area contributed by atoms with Crippen LogP contribution in [0.2, 0.25) is 0 Å². The average Bonchev–Trinajstić information content (AvgIpc) is 4.00. The van der Waals surface area contributed by atoms with Crippen LogP contribution in [0.25, 0.3) is 94.7 Å². The van der Waals surface area contributed by atoms with Crippen molar-refractivity contribution in [1.82, 2.24) is 19.5 Å². The zero-order chi connectivity index (χ0) is 41.5. The monoisotopic (exact) mass is 804 g/mol. The highest BCUT2D eigenvalue weighted by atomic mass is 16.3. The Kier molecular flexibility index (Phi) is 7.75. The van der Waals surface area contributed by atoms with Gasteiger partial charge in [0, 0.05) is 43.9 Å². The lowest BCUT2D eigenvalue weighted by molar-refractivity contribution is 0.669. The third-order valence-corrected chi connectivity index (χ3v) is 12.9. The van der Waals surface area contributed by atoms with Gasteiger partial charge in [0.15, 0.2) is 17.5 Å². The molecule has 1 aliphatic carbocycles. The molecule has 0 bridgehead atoms. The normalized spacial score (nSPS) is 12.9. The molecule has 0 amide bonds. The van der Waals surface area contributed by atoms with Gasteiger partial charge >= 0.3 is 0 Å². The van der Waals surface area contributed by atoms with Crippen molar-refractivity contribution in [2.45, 2.75) is 5.41 Å². The van der Waals surface area contributed by atoms with Gasteiger partial charge in [-0.15, -0.1) is 0 Å². The number of para-hydroxylation sites is 2. The first-order valence-corrected chi connectivity index (χ1v) is 21.3. The van der Waals surface area contributed by atoms with Gasteiger partial charge in [0.05, 0.1) is 16.4 Å². The number of furan rings is 1. The van der Waals surface area contributed by atoms with Gasteiger partial charge in [-0.3, -0.25) is 0 Å². The Morgan fingerprint density at radius 2 is 0.937 bits per heavy atom. The van der Waals surface area contributed by atoms with Crippen molar-refractivity contribution in [2.24, 2.45) is 0 Å². The lowest BCUT2D eigenvalue weighted by atomic mass is 9.67. The molecule has 0 unspecified atom stereocenters. The topological polar surface area (TPSA) is 56.7 Å². The lowest BCUT2D eigenvalue weighted by Gasteiger charge is -2.34. The molecule has 5 heteroatoms. The Labute approximate surface area is 363 Å². The molecule has 3 heterocycles. The van der Waals surface area contributed by atoms with E-state index in [-0.39, 0.29) is 0 Å². The summed E-state index contributed by atoms with van der Waals surface area (Å²) in [5, 5.41) is 4.55. The van der Waals surface area contributed by atoms with E-state index in [1.165, 1.54) is 44.2 Å². The van der Waals surface area contributed by atoms with E-state index in [4.69, 9.17) is 19.4 Å². The Morgan fingerprint density at radius 1 is 0.349 bits per heavy atom. The first-order valence-electron chi connectivity index (χ1n) is 21.3. The third-order valence-electron chi connectivity index (χ3n) is 12.9. The van der Waals surface area contributed by atoms with Crippen molar-refractivity contribution in [1.29, 1.82) is 0 Å². The van der Waals surface area contributed by atoms with Crippen molar-refractivity contribution < 1.29 is 4.42 Å². The molecule has 0 atom stereocenters. The molecule has 13 rings (SSSR count). The fraction of sp³-hybridized carbons (Fsp3) is 0.0172. The zero-order valence-corrected chi connectivity index (χ0v) is 34.0. The smallest absolute Gasteiger partial charge is 0.164 e. The molecule has 5 nitrogen and oxygen atoms in total. The molecule has 0 radical (unpaired) electrons. The molecule has 0 aliphatic heterocycles. The van der Waals surface area contributed by atoms with Gasteiger partial charge in [0.1, 0.15) is 11.2 Å². The molecule has 9 aromatic carbocycles. The van der Waals surface area contributed by atoms with Crippen LogP contribution in [0.5, 0.6) is 0 Å². The van der Waals surface area contributed by atoms with Crippen LogP contribution in [0, 0.1) is 0 Å². The second-order valence-electron chi connectivity index (χ2n) is 16.3. The van der Waals surface area contributed by atoms with Crippen LogP contribution < -0.4 is 0 Å². The summed E-state index contributed by atoms with van der Waals surface area (Å²) < 4.78 is 8.72. The molecule has 0 spiro atoms. The molecule has 63 heavy (non-hydrogen) atoms. The number of benzene rings is 9. The summed E-state index contributed by atoms with van der Waals surface area (Å²) in [4.78, 5) is 15.4. The first-order chi connectivity index (χ1) is 31.2. The maximum absolute atomic E-state index is 6.31. The second-order valence-corrected chi connectivity index (χ2v) is 16.3. The molecule has 12 aromatic rings. The van der Waals surface area contributed by atoms with Crippen LogP contribution in [0.3, 0.4) is 0 Å². The molecular weight excluding hydrogens is 769 g/mol. The Balaban J connectivity index is 1.03. The maximum atomic E-state index is 6.31. The summed E-state index contributed by atoms with van der Waals surface area (Å²) in [6.07, 6.45) is 0. The van der Waals surface area contributed by atoms with Crippen LogP contribution in [-0.4, -0.2) is 19.5 Å². The van der Waals surface area contributed by atoms with Crippen LogP contribution in [0.15, 0.2) is 223 Å². The molecule has 0 fully saturated rings. The molecule has 0 N–H and O–H groups in total. The molecule has 0 saturated carbocycles. The van der Waals surface area contributed by atoms with Gasteiger partial charge in [0.25, 0.3) is 0 Å². The van der Waals surface area contributed by atoms with E-state index in [0.29, 0.717) is 17.5 Å². The fourth-order valence-corrected chi connectivity index (χ4v) is 10.2. The summed E-state index contributed by atoms with van der Waals surface area (Å²) in [5.41, 5.74) is 14.6. The molecular formula is C58H36N4O. The Morgan fingerprint density at radius 3 is 1.70 bits per heavy atom. The predicted molar refractivity (Wildman–Crippen MR) is 255 cm³/mol. The number of rotatable bonds is 6. The van der Waals surface area contributed by atoms with Gasteiger partial charge in [-0.1, -0.05) is 170 Å². The van der Waals surface area contributed by atoms with Crippen molar-refractivity contribution in [3.63, 3.8) is 0 Å². The van der Waals surface area contributed by atoms with Crippen LogP contribution in [-0.2, 0) is 5.41 Å². The highest BCUT2D eigenvalue weighted by Crippen LogP contribution is 2.57. The van der Waals surface area contributed by atoms with E-state index in [1.807, 2.05) is 54.6 Å². The quantitative estimate of drug-likeness (QED) is 0.168. The predicted octanol–water partition coefficient (Wildman–Crippen LogP) is 14.2. The van der Waals surface area contributed by atoms with Gasteiger partial charge < -0.3 is 8.98 Å². The van der Waals surface area contributed by atoms with Crippen molar-refractivity contribution in [3.05, 3.63) is 241 Å². The zero-order valence-electron chi connectivity index (χ0n) is 34.0. The number of fused-ring (bicyclic) bond motifs is 9. The number of aromatic nitrogens is 4. The average molecular weight is 805 g/mol. The minimum absolute atomic E-state index is 0.522. The van der Waals surface area contributed by atoms with E-state index in [2.05, 4.69) is 168 Å². The van der Waals surface area contributed by atoms with Crippen LogP contribution in [0.1, 0.15) is 22.3 Å². The highest BCUT2D eigenvalue weighted by Gasteiger charge is 2.46. The van der Waals surface area contributed by atoms with E-state index in [1.54, 1.807) is 0 Å². The van der Waals surface area contributed by atoms with E-state index in [0.717, 1.165) is 55.3 Å². The highest BCUT2D eigenvalue weighted by molar-refractivity contribution is 6.12. The second kappa shape index (κ2) is 13.8. The van der Waals surface area contributed by atoms with E-state index < -0.39 is 5.41 Å². The summed E-state index contributed by atoms with van der Waals surface area (Å²) in [7, 11) is 0. The third kappa shape index (κ3) is 5.33. The summed E-state index contributed by atoms with van der Waals surface area (Å²) in [5.74, 6) is 1.78. The molecule has 1 aliphatic rings. The molecule has 0 saturated heterocycles. The maximum Gasteiger partial charge on any atom is 0.164 e.